The van der Waals surface area contributed by atoms with Crippen molar-refractivity contribution in [3.63, 3.8) is 0 Å². The second-order valence-corrected chi connectivity index (χ2v) is 4.66. The number of nitrogen functional groups attached to an aromatic ring is 1. The minimum Gasteiger partial charge on any atom is -0.497 e. The molecule has 96 valence electrons. The summed E-state index contributed by atoms with van der Waals surface area (Å²) in [6, 6.07) is 5.82. The monoisotopic (exact) mass is 247 g/mol. The number of benzene rings is 1. The maximum Gasteiger partial charge on any atom is 0.201 e. The molecule has 3 rings (SSSR count). The number of methoxy groups -OCH3 is 1. The molecule has 0 spiro atoms. The Balaban J connectivity index is 2.00. The lowest BCUT2D eigenvalue weighted by atomic mass is 10.1. The minimum absolute atomic E-state index is 0.524. The molecule has 5 nitrogen and oxygen atoms in total. The van der Waals surface area contributed by atoms with E-state index >= 15 is 0 Å². The van der Waals surface area contributed by atoms with Gasteiger partial charge in [-0.05, 0) is 18.6 Å². The molecule has 1 fully saturated rings. The fourth-order valence-corrected chi connectivity index (χ4v) is 2.43. The number of nitrogens with zero attached hydrogens (tertiary/aromatic N) is 2. The van der Waals surface area contributed by atoms with Crippen molar-refractivity contribution in [2.75, 3.05) is 26.1 Å². The summed E-state index contributed by atoms with van der Waals surface area (Å²) in [7, 11) is 1.66. The van der Waals surface area contributed by atoms with E-state index in [0.717, 1.165) is 43.0 Å². The van der Waals surface area contributed by atoms with Crippen molar-refractivity contribution in [1.29, 1.82) is 0 Å². The fourth-order valence-electron chi connectivity index (χ4n) is 2.43. The van der Waals surface area contributed by atoms with E-state index in [-0.39, 0.29) is 0 Å². The van der Waals surface area contributed by atoms with Crippen molar-refractivity contribution in [3.8, 4) is 5.75 Å². The van der Waals surface area contributed by atoms with Gasteiger partial charge in [0.15, 0.2) is 0 Å². The van der Waals surface area contributed by atoms with Gasteiger partial charge in [-0.15, -0.1) is 0 Å². The number of hydrogen-bond donors (Lipinski definition) is 1. The Morgan fingerprint density at radius 2 is 2.44 bits per heavy atom. The summed E-state index contributed by atoms with van der Waals surface area (Å²) >= 11 is 0. The van der Waals surface area contributed by atoms with E-state index in [2.05, 4.69) is 9.55 Å². The van der Waals surface area contributed by atoms with Crippen LogP contribution in [-0.4, -0.2) is 29.9 Å². The zero-order valence-electron chi connectivity index (χ0n) is 10.4. The zero-order chi connectivity index (χ0) is 12.5. The SMILES string of the molecule is COc1ccc2nc(N)n(CC3CCOC3)c2c1. The average Bonchev–Trinajstić information content (AvgIpc) is 2.99. The van der Waals surface area contributed by atoms with Crippen molar-refractivity contribution in [2.24, 2.45) is 5.92 Å². The molecule has 0 saturated carbocycles. The molecule has 0 radical (unpaired) electrons. The van der Waals surface area contributed by atoms with Gasteiger partial charge in [0.25, 0.3) is 0 Å². The van der Waals surface area contributed by atoms with E-state index < -0.39 is 0 Å². The smallest absolute Gasteiger partial charge is 0.201 e. The lowest BCUT2D eigenvalue weighted by Crippen LogP contribution is -2.12. The number of anilines is 1. The maximum absolute atomic E-state index is 5.99. The van der Waals surface area contributed by atoms with Gasteiger partial charge in [-0.1, -0.05) is 0 Å². The molecule has 1 saturated heterocycles. The van der Waals surface area contributed by atoms with Crippen molar-refractivity contribution in [3.05, 3.63) is 18.2 Å². The average molecular weight is 247 g/mol. The van der Waals surface area contributed by atoms with Crippen LogP contribution in [0.1, 0.15) is 6.42 Å². The standard InChI is InChI=1S/C13H17N3O2/c1-17-10-2-3-11-12(6-10)16(13(14)15-11)7-9-4-5-18-8-9/h2-3,6,9H,4-5,7-8H2,1H3,(H2,14,15). The van der Waals surface area contributed by atoms with E-state index in [1.165, 1.54) is 0 Å². The predicted octanol–water partition coefficient (Wildman–Crippen LogP) is 1.66. The third-order valence-corrected chi connectivity index (χ3v) is 3.45. The molecule has 1 aromatic heterocycles. The van der Waals surface area contributed by atoms with Gasteiger partial charge >= 0.3 is 0 Å². The Kier molecular flexibility index (Phi) is 2.83. The molecule has 0 bridgehead atoms. The first-order valence-corrected chi connectivity index (χ1v) is 6.15. The highest BCUT2D eigenvalue weighted by Crippen LogP contribution is 2.25. The molecule has 1 unspecified atom stereocenters. The molecule has 1 aliphatic heterocycles. The molecule has 1 aromatic carbocycles. The number of rotatable bonds is 3. The summed E-state index contributed by atoms with van der Waals surface area (Å²) in [5.74, 6) is 1.91. The second kappa shape index (κ2) is 4.49. The molecular formula is C13H17N3O2. The van der Waals surface area contributed by atoms with Gasteiger partial charge < -0.3 is 19.8 Å². The van der Waals surface area contributed by atoms with Gasteiger partial charge in [-0.2, -0.15) is 0 Å². The Morgan fingerprint density at radius 3 is 3.17 bits per heavy atom. The quantitative estimate of drug-likeness (QED) is 0.896. The van der Waals surface area contributed by atoms with E-state index in [4.69, 9.17) is 15.2 Å². The second-order valence-electron chi connectivity index (χ2n) is 4.66. The molecule has 1 atom stereocenters. The van der Waals surface area contributed by atoms with Crippen LogP contribution in [-0.2, 0) is 11.3 Å². The molecule has 5 heteroatoms. The number of fused-ring (bicyclic) bond motifs is 1. The van der Waals surface area contributed by atoms with Crippen molar-refractivity contribution in [2.45, 2.75) is 13.0 Å². The topological polar surface area (TPSA) is 62.3 Å². The molecule has 0 aliphatic carbocycles. The maximum atomic E-state index is 5.99. The Hall–Kier alpha value is -1.75. The minimum atomic E-state index is 0.524. The summed E-state index contributed by atoms with van der Waals surface area (Å²) in [5.41, 5.74) is 7.93. The Labute approximate surface area is 106 Å². The summed E-state index contributed by atoms with van der Waals surface area (Å²) in [6.45, 7) is 2.51. The van der Waals surface area contributed by atoms with E-state index in [1.54, 1.807) is 7.11 Å². The van der Waals surface area contributed by atoms with Gasteiger partial charge in [0.05, 0.1) is 24.8 Å². The van der Waals surface area contributed by atoms with Crippen LogP contribution in [0, 0.1) is 5.92 Å². The molecular weight excluding hydrogens is 230 g/mol. The lowest BCUT2D eigenvalue weighted by Gasteiger charge is -2.11. The van der Waals surface area contributed by atoms with Crippen LogP contribution in [0.5, 0.6) is 5.75 Å². The van der Waals surface area contributed by atoms with Crippen molar-refractivity contribution >= 4 is 17.0 Å². The largest absolute Gasteiger partial charge is 0.497 e. The molecule has 2 N–H and O–H groups in total. The van der Waals surface area contributed by atoms with Gasteiger partial charge in [-0.25, -0.2) is 4.98 Å². The van der Waals surface area contributed by atoms with Gasteiger partial charge in [0, 0.05) is 25.1 Å². The van der Waals surface area contributed by atoms with Crippen LogP contribution < -0.4 is 10.5 Å². The van der Waals surface area contributed by atoms with Crippen LogP contribution in [0.25, 0.3) is 11.0 Å². The highest BCUT2D eigenvalue weighted by molar-refractivity contribution is 5.79. The number of nitrogens with two attached hydrogens (primary N) is 1. The number of aromatic nitrogens is 2. The Morgan fingerprint density at radius 1 is 1.56 bits per heavy atom. The van der Waals surface area contributed by atoms with Crippen LogP contribution in [0.3, 0.4) is 0 Å². The summed E-state index contributed by atoms with van der Waals surface area (Å²) in [6.07, 6.45) is 1.09. The van der Waals surface area contributed by atoms with Gasteiger partial charge in [0.1, 0.15) is 5.75 Å². The van der Waals surface area contributed by atoms with E-state index in [9.17, 15) is 0 Å². The molecule has 1 aliphatic rings. The first-order chi connectivity index (χ1) is 8.78. The summed E-state index contributed by atoms with van der Waals surface area (Å²) < 4.78 is 12.7. The molecule has 18 heavy (non-hydrogen) atoms. The molecule has 0 amide bonds. The highest BCUT2D eigenvalue weighted by atomic mass is 16.5. The van der Waals surface area contributed by atoms with Crippen molar-refractivity contribution in [1.82, 2.24) is 9.55 Å². The molecule has 2 heterocycles. The third kappa shape index (κ3) is 1.90. The fraction of sp³-hybridized carbons (Fsp3) is 0.462. The number of ether oxygens (including phenoxy) is 2. The molecule has 2 aromatic rings. The van der Waals surface area contributed by atoms with Gasteiger partial charge in [0.2, 0.25) is 5.95 Å². The van der Waals surface area contributed by atoms with Crippen LogP contribution in [0.2, 0.25) is 0 Å². The van der Waals surface area contributed by atoms with Gasteiger partial charge in [-0.3, -0.25) is 0 Å². The normalized spacial score (nSPS) is 19.5. The number of hydrogen-bond acceptors (Lipinski definition) is 4. The zero-order valence-corrected chi connectivity index (χ0v) is 10.4. The van der Waals surface area contributed by atoms with E-state index in [0.29, 0.717) is 11.9 Å². The first-order valence-electron chi connectivity index (χ1n) is 6.15. The van der Waals surface area contributed by atoms with E-state index in [1.807, 2.05) is 18.2 Å². The van der Waals surface area contributed by atoms with Crippen LogP contribution in [0.4, 0.5) is 5.95 Å². The highest BCUT2D eigenvalue weighted by Gasteiger charge is 2.19. The van der Waals surface area contributed by atoms with Crippen molar-refractivity contribution < 1.29 is 9.47 Å². The van der Waals surface area contributed by atoms with Crippen LogP contribution >= 0.6 is 0 Å². The third-order valence-electron chi connectivity index (χ3n) is 3.45. The predicted molar refractivity (Wildman–Crippen MR) is 69.6 cm³/mol. The Bertz CT molecular complexity index is 559. The summed E-state index contributed by atoms with van der Waals surface area (Å²) in [4.78, 5) is 4.37. The number of imidazole rings is 1. The first kappa shape index (κ1) is 11.3. The summed E-state index contributed by atoms with van der Waals surface area (Å²) in [5, 5.41) is 0. The lowest BCUT2D eigenvalue weighted by molar-refractivity contribution is 0.183. The van der Waals surface area contributed by atoms with Crippen LogP contribution in [0.15, 0.2) is 18.2 Å².